The minimum atomic E-state index is -0.280. The molecule has 0 saturated heterocycles. The first-order chi connectivity index (χ1) is 14.6. The first-order valence-corrected chi connectivity index (χ1v) is 11.5. The highest BCUT2D eigenvalue weighted by Crippen LogP contribution is 2.31. The zero-order valence-corrected chi connectivity index (χ0v) is 18.2. The van der Waals surface area contributed by atoms with Crippen LogP contribution in [0, 0.1) is 5.82 Å². The van der Waals surface area contributed by atoms with Crippen LogP contribution in [0.4, 0.5) is 9.52 Å². The van der Waals surface area contributed by atoms with Gasteiger partial charge in [0.05, 0.1) is 22.5 Å². The van der Waals surface area contributed by atoms with E-state index in [0.717, 1.165) is 27.1 Å². The maximum Gasteiger partial charge on any atom is 0.239 e. The van der Waals surface area contributed by atoms with Crippen LogP contribution in [0.3, 0.4) is 0 Å². The summed E-state index contributed by atoms with van der Waals surface area (Å²) >= 11 is 2.94. The lowest BCUT2D eigenvalue weighted by atomic mass is 10.2. The van der Waals surface area contributed by atoms with Crippen molar-refractivity contribution < 1.29 is 9.18 Å². The van der Waals surface area contributed by atoms with Gasteiger partial charge in [0.15, 0.2) is 5.13 Å². The van der Waals surface area contributed by atoms with Crippen molar-refractivity contribution in [3.8, 4) is 0 Å². The van der Waals surface area contributed by atoms with Crippen molar-refractivity contribution in [3.05, 3.63) is 89.7 Å². The Balaban J connectivity index is 1.60. The van der Waals surface area contributed by atoms with Gasteiger partial charge in [-0.25, -0.2) is 9.37 Å². The molecule has 30 heavy (non-hydrogen) atoms. The Morgan fingerprint density at radius 2 is 1.80 bits per heavy atom. The molecule has 152 valence electrons. The number of hydrogen-bond acceptors (Lipinski definition) is 4. The number of hydrogen-bond donors (Lipinski definition) is 0. The molecule has 0 atom stereocenters. The third kappa shape index (κ3) is 4.89. The standard InChI is InChI=1S/C24H21FN2OS2/c1-2-17-8-13-21-22(14-17)30-24(26-21)27(15-18-6-4-3-5-7-18)23(28)16-29-20-11-9-19(25)10-12-20/h3-14H,2,15-16H2,1H3. The maximum absolute atomic E-state index is 13.2. The van der Waals surface area contributed by atoms with Crippen LogP contribution in [0.25, 0.3) is 10.2 Å². The highest BCUT2D eigenvalue weighted by Gasteiger charge is 2.20. The van der Waals surface area contributed by atoms with Crippen LogP contribution in [0.5, 0.6) is 0 Å². The van der Waals surface area contributed by atoms with Crippen molar-refractivity contribution in [1.82, 2.24) is 4.98 Å². The third-order valence-corrected chi connectivity index (χ3v) is 6.78. The molecule has 0 bridgehead atoms. The normalized spacial score (nSPS) is 11.0. The molecule has 1 heterocycles. The molecule has 6 heteroatoms. The lowest BCUT2D eigenvalue weighted by Gasteiger charge is -2.20. The second kappa shape index (κ2) is 9.41. The molecule has 0 N–H and O–H groups in total. The zero-order chi connectivity index (χ0) is 20.9. The molecule has 1 aromatic heterocycles. The fraction of sp³-hybridized carbons (Fsp3) is 0.167. The smallest absolute Gasteiger partial charge is 0.239 e. The van der Waals surface area contributed by atoms with Crippen LogP contribution in [-0.2, 0) is 17.8 Å². The monoisotopic (exact) mass is 436 g/mol. The number of benzene rings is 3. The molecule has 4 aromatic rings. The second-order valence-corrected chi connectivity index (χ2v) is 8.92. The number of halogens is 1. The molecule has 0 aliphatic heterocycles. The van der Waals surface area contributed by atoms with Crippen molar-refractivity contribution in [2.45, 2.75) is 24.8 Å². The molecule has 0 aliphatic carbocycles. The van der Waals surface area contributed by atoms with Crippen molar-refractivity contribution >= 4 is 44.4 Å². The molecule has 0 saturated carbocycles. The number of nitrogens with zero attached hydrogens (tertiary/aromatic N) is 2. The zero-order valence-electron chi connectivity index (χ0n) is 16.5. The second-order valence-electron chi connectivity index (χ2n) is 6.86. The van der Waals surface area contributed by atoms with Crippen LogP contribution in [-0.4, -0.2) is 16.6 Å². The van der Waals surface area contributed by atoms with Gasteiger partial charge in [-0.1, -0.05) is 54.7 Å². The largest absolute Gasteiger partial charge is 0.283 e. The molecule has 0 aliphatic rings. The van der Waals surface area contributed by atoms with Crippen molar-refractivity contribution in [1.29, 1.82) is 0 Å². The summed E-state index contributed by atoms with van der Waals surface area (Å²) in [5.41, 5.74) is 3.21. The quantitative estimate of drug-likeness (QED) is 0.318. The van der Waals surface area contributed by atoms with Gasteiger partial charge in [-0.05, 0) is 53.9 Å². The van der Waals surface area contributed by atoms with Gasteiger partial charge in [0.2, 0.25) is 5.91 Å². The van der Waals surface area contributed by atoms with Gasteiger partial charge in [0.25, 0.3) is 0 Å². The highest BCUT2D eigenvalue weighted by atomic mass is 32.2. The number of rotatable bonds is 7. The van der Waals surface area contributed by atoms with Gasteiger partial charge in [-0.15, -0.1) is 11.8 Å². The number of thioether (sulfide) groups is 1. The molecule has 0 spiro atoms. The number of anilines is 1. The minimum Gasteiger partial charge on any atom is -0.283 e. The predicted molar refractivity (Wildman–Crippen MR) is 124 cm³/mol. The Hall–Kier alpha value is -2.70. The van der Waals surface area contributed by atoms with E-state index in [0.29, 0.717) is 11.7 Å². The topological polar surface area (TPSA) is 33.2 Å². The van der Waals surface area contributed by atoms with E-state index in [1.54, 1.807) is 28.4 Å². The van der Waals surface area contributed by atoms with Gasteiger partial charge >= 0.3 is 0 Å². The Kier molecular flexibility index (Phi) is 6.45. The average molecular weight is 437 g/mol. The van der Waals surface area contributed by atoms with E-state index in [1.165, 1.54) is 29.5 Å². The Labute approximate surface area is 183 Å². The number of carbonyl (C=O) groups is 1. The molecule has 3 nitrogen and oxygen atoms in total. The number of amides is 1. The molecule has 4 rings (SSSR count). The highest BCUT2D eigenvalue weighted by molar-refractivity contribution is 8.00. The summed E-state index contributed by atoms with van der Waals surface area (Å²) < 4.78 is 14.2. The molecule has 0 fully saturated rings. The van der Waals surface area contributed by atoms with Crippen molar-refractivity contribution in [2.75, 3.05) is 10.7 Å². The Morgan fingerprint density at radius 3 is 2.53 bits per heavy atom. The van der Waals surface area contributed by atoms with Gasteiger partial charge in [0.1, 0.15) is 5.82 Å². The first kappa shape index (κ1) is 20.6. The number of thiazole rings is 1. The van der Waals surface area contributed by atoms with E-state index in [-0.39, 0.29) is 17.5 Å². The van der Waals surface area contributed by atoms with E-state index in [2.05, 4.69) is 19.1 Å². The molecule has 3 aromatic carbocycles. The summed E-state index contributed by atoms with van der Waals surface area (Å²) in [4.78, 5) is 20.5. The van der Waals surface area contributed by atoms with Crippen molar-refractivity contribution in [2.24, 2.45) is 0 Å². The number of fused-ring (bicyclic) bond motifs is 1. The Bertz CT molecular complexity index is 1140. The fourth-order valence-corrected chi connectivity index (χ4v) is 4.89. The van der Waals surface area contributed by atoms with Gasteiger partial charge in [-0.3, -0.25) is 9.69 Å². The number of aryl methyl sites for hydroxylation is 1. The maximum atomic E-state index is 13.2. The summed E-state index contributed by atoms with van der Waals surface area (Å²) in [5.74, 6) is -0.0468. The Morgan fingerprint density at radius 1 is 1.03 bits per heavy atom. The number of carbonyl (C=O) groups excluding carboxylic acids is 1. The third-order valence-electron chi connectivity index (χ3n) is 4.74. The molecule has 0 unspecified atom stereocenters. The van der Waals surface area contributed by atoms with Crippen molar-refractivity contribution in [3.63, 3.8) is 0 Å². The first-order valence-electron chi connectivity index (χ1n) is 9.74. The van der Waals surface area contributed by atoms with Crippen LogP contribution in [0.15, 0.2) is 77.7 Å². The van der Waals surface area contributed by atoms with Crippen LogP contribution >= 0.6 is 23.1 Å². The molecular formula is C24H21FN2OS2. The van der Waals surface area contributed by atoms with Gasteiger partial charge in [-0.2, -0.15) is 0 Å². The SMILES string of the molecule is CCc1ccc2nc(N(Cc3ccccc3)C(=O)CSc3ccc(F)cc3)sc2c1. The molecule has 1 amide bonds. The van der Waals surface area contributed by atoms with E-state index in [1.807, 2.05) is 36.4 Å². The van der Waals surface area contributed by atoms with E-state index < -0.39 is 0 Å². The van der Waals surface area contributed by atoms with E-state index in [4.69, 9.17) is 4.98 Å². The minimum absolute atomic E-state index is 0.0250. The summed E-state index contributed by atoms with van der Waals surface area (Å²) in [5, 5.41) is 0.701. The van der Waals surface area contributed by atoms with E-state index in [9.17, 15) is 9.18 Å². The van der Waals surface area contributed by atoms with E-state index >= 15 is 0 Å². The van der Waals surface area contributed by atoms with Crippen LogP contribution < -0.4 is 4.90 Å². The van der Waals surface area contributed by atoms with Gasteiger partial charge < -0.3 is 0 Å². The predicted octanol–water partition coefficient (Wildman–Crippen LogP) is 6.32. The average Bonchev–Trinajstić information content (AvgIpc) is 3.20. The fourth-order valence-electron chi connectivity index (χ4n) is 3.07. The number of aromatic nitrogens is 1. The lowest BCUT2D eigenvalue weighted by molar-refractivity contribution is -0.116. The lowest BCUT2D eigenvalue weighted by Crippen LogP contribution is -2.31. The van der Waals surface area contributed by atoms with Gasteiger partial charge in [0, 0.05) is 4.90 Å². The molecule has 0 radical (unpaired) electrons. The van der Waals surface area contributed by atoms with Crippen LogP contribution in [0.1, 0.15) is 18.1 Å². The summed E-state index contributed by atoms with van der Waals surface area (Å²) in [7, 11) is 0. The van der Waals surface area contributed by atoms with Crippen LogP contribution in [0.2, 0.25) is 0 Å². The molecular weight excluding hydrogens is 415 g/mol. The summed E-state index contributed by atoms with van der Waals surface area (Å²) in [6.45, 7) is 2.59. The summed E-state index contributed by atoms with van der Waals surface area (Å²) in [6, 6.07) is 22.4. The summed E-state index contributed by atoms with van der Waals surface area (Å²) in [6.07, 6.45) is 0.962.